The number of pyridine rings is 1. The van der Waals surface area contributed by atoms with E-state index in [0.29, 0.717) is 0 Å². The average molecular weight is 443 g/mol. The quantitative estimate of drug-likeness (QED) is 0.483. The fourth-order valence-electron chi connectivity index (χ4n) is 4.64. The molecule has 0 spiro atoms. The Morgan fingerprint density at radius 2 is 1.67 bits per heavy atom. The maximum Gasteiger partial charge on any atom is 0.253 e. The van der Waals surface area contributed by atoms with Crippen LogP contribution in [0.4, 0.5) is 0 Å². The highest BCUT2D eigenvalue weighted by Gasteiger charge is 2.23. The van der Waals surface area contributed by atoms with Gasteiger partial charge in [-0.05, 0) is 75.7 Å². The van der Waals surface area contributed by atoms with Crippen molar-refractivity contribution in [3.05, 3.63) is 82.6 Å². The predicted molar refractivity (Wildman–Crippen MR) is 129 cm³/mol. The van der Waals surface area contributed by atoms with Crippen LogP contribution < -0.4 is 0 Å². The Bertz CT molecular complexity index is 1310. The standard InChI is InChI=1S/C26H30N6O/c1-18-9-10-31-24(21(4)27-25(31)15-18)17-29-11-13-30(14-12-29)26(33)22-5-7-23(8-6-22)32-20(3)16-19(2)28-32/h5-10,15-16H,11-14,17H2,1-4H3. The van der Waals surface area contributed by atoms with Gasteiger partial charge in [0.15, 0.2) is 0 Å². The lowest BCUT2D eigenvalue weighted by molar-refractivity contribution is 0.0626. The van der Waals surface area contributed by atoms with Crippen LogP contribution in [-0.4, -0.2) is 61.1 Å². The fraction of sp³-hybridized carbons (Fsp3) is 0.346. The molecule has 5 rings (SSSR count). The summed E-state index contributed by atoms with van der Waals surface area (Å²) in [6, 6.07) is 14.0. The van der Waals surface area contributed by atoms with Crippen LogP contribution in [0.2, 0.25) is 0 Å². The summed E-state index contributed by atoms with van der Waals surface area (Å²) in [7, 11) is 0. The first-order valence-electron chi connectivity index (χ1n) is 11.5. The van der Waals surface area contributed by atoms with Gasteiger partial charge in [-0.2, -0.15) is 5.10 Å². The minimum absolute atomic E-state index is 0.0935. The van der Waals surface area contributed by atoms with Gasteiger partial charge in [-0.1, -0.05) is 0 Å². The number of amides is 1. The van der Waals surface area contributed by atoms with Gasteiger partial charge in [0.2, 0.25) is 0 Å². The van der Waals surface area contributed by atoms with Crippen molar-refractivity contribution in [1.29, 1.82) is 0 Å². The highest BCUT2D eigenvalue weighted by atomic mass is 16.2. The Hall–Kier alpha value is -3.45. The van der Waals surface area contributed by atoms with Crippen LogP contribution in [-0.2, 0) is 6.54 Å². The van der Waals surface area contributed by atoms with Crippen molar-refractivity contribution in [2.45, 2.75) is 34.2 Å². The number of nitrogens with zero attached hydrogens (tertiary/aromatic N) is 6. The predicted octanol–water partition coefficient (Wildman–Crippen LogP) is 3.71. The zero-order valence-corrected chi connectivity index (χ0v) is 19.7. The molecule has 33 heavy (non-hydrogen) atoms. The topological polar surface area (TPSA) is 58.7 Å². The number of carbonyl (C=O) groups is 1. The molecule has 0 bridgehead atoms. The molecule has 1 fully saturated rings. The van der Waals surface area contributed by atoms with Gasteiger partial charge in [-0.15, -0.1) is 0 Å². The number of hydrogen-bond acceptors (Lipinski definition) is 4. The molecule has 0 radical (unpaired) electrons. The van der Waals surface area contributed by atoms with E-state index in [1.807, 2.05) is 53.8 Å². The zero-order valence-electron chi connectivity index (χ0n) is 19.7. The van der Waals surface area contributed by atoms with Crippen molar-refractivity contribution in [3.8, 4) is 5.69 Å². The van der Waals surface area contributed by atoms with Crippen LogP contribution in [0.3, 0.4) is 0 Å². The molecule has 1 aliphatic rings. The lowest BCUT2D eigenvalue weighted by atomic mass is 10.1. The van der Waals surface area contributed by atoms with Crippen molar-refractivity contribution in [3.63, 3.8) is 0 Å². The Morgan fingerprint density at radius 3 is 2.33 bits per heavy atom. The molecular weight excluding hydrogens is 412 g/mol. The Morgan fingerprint density at radius 1 is 0.939 bits per heavy atom. The number of carbonyl (C=O) groups excluding carboxylic acids is 1. The van der Waals surface area contributed by atoms with E-state index in [1.54, 1.807) is 0 Å². The molecule has 0 aliphatic carbocycles. The van der Waals surface area contributed by atoms with Gasteiger partial charge < -0.3 is 9.30 Å². The second kappa shape index (κ2) is 8.48. The van der Waals surface area contributed by atoms with E-state index in [4.69, 9.17) is 4.98 Å². The largest absolute Gasteiger partial charge is 0.336 e. The van der Waals surface area contributed by atoms with Gasteiger partial charge >= 0.3 is 0 Å². The van der Waals surface area contributed by atoms with Crippen LogP contribution in [0.25, 0.3) is 11.3 Å². The lowest BCUT2D eigenvalue weighted by Gasteiger charge is -2.34. The van der Waals surface area contributed by atoms with Gasteiger partial charge in [0.1, 0.15) is 5.65 Å². The molecule has 1 amide bonds. The van der Waals surface area contributed by atoms with Gasteiger partial charge in [-0.3, -0.25) is 9.69 Å². The van der Waals surface area contributed by atoms with Crippen molar-refractivity contribution in [2.75, 3.05) is 26.2 Å². The van der Waals surface area contributed by atoms with Gasteiger partial charge in [0, 0.05) is 50.2 Å². The first-order chi connectivity index (χ1) is 15.9. The third-order valence-electron chi connectivity index (χ3n) is 6.48. The van der Waals surface area contributed by atoms with Crippen molar-refractivity contribution in [2.24, 2.45) is 0 Å². The van der Waals surface area contributed by atoms with Crippen molar-refractivity contribution < 1.29 is 4.79 Å². The van der Waals surface area contributed by atoms with E-state index in [-0.39, 0.29) is 5.91 Å². The summed E-state index contributed by atoms with van der Waals surface area (Å²) < 4.78 is 4.09. The minimum atomic E-state index is 0.0935. The molecule has 1 aromatic carbocycles. The van der Waals surface area contributed by atoms with Crippen LogP contribution in [0.1, 0.15) is 38.7 Å². The van der Waals surface area contributed by atoms with E-state index >= 15 is 0 Å². The Balaban J connectivity index is 1.23. The lowest BCUT2D eigenvalue weighted by Crippen LogP contribution is -2.48. The van der Waals surface area contributed by atoms with E-state index in [2.05, 4.69) is 46.6 Å². The summed E-state index contributed by atoms with van der Waals surface area (Å²) in [5.41, 5.74) is 8.28. The average Bonchev–Trinajstić information content (AvgIpc) is 3.31. The fourth-order valence-corrected chi connectivity index (χ4v) is 4.64. The molecule has 4 heterocycles. The van der Waals surface area contributed by atoms with E-state index in [9.17, 15) is 4.79 Å². The molecule has 4 aromatic rings. The summed E-state index contributed by atoms with van der Waals surface area (Å²) in [4.78, 5) is 22.2. The van der Waals surface area contributed by atoms with Gasteiger partial charge in [-0.25, -0.2) is 9.67 Å². The summed E-state index contributed by atoms with van der Waals surface area (Å²) in [5, 5.41) is 4.52. The minimum Gasteiger partial charge on any atom is -0.336 e. The van der Waals surface area contributed by atoms with Crippen molar-refractivity contribution in [1.82, 2.24) is 29.0 Å². The van der Waals surface area contributed by atoms with E-state index in [1.165, 1.54) is 11.3 Å². The number of fused-ring (bicyclic) bond motifs is 1. The van der Waals surface area contributed by atoms with Crippen LogP contribution in [0.5, 0.6) is 0 Å². The van der Waals surface area contributed by atoms with Gasteiger partial charge in [0.05, 0.1) is 22.8 Å². The molecular formula is C26H30N6O. The molecule has 7 nitrogen and oxygen atoms in total. The second-order valence-corrected chi connectivity index (χ2v) is 9.03. The number of piperazine rings is 1. The summed E-state index contributed by atoms with van der Waals surface area (Å²) >= 11 is 0. The zero-order chi connectivity index (χ0) is 23.1. The number of hydrogen-bond donors (Lipinski definition) is 0. The summed E-state index contributed by atoms with van der Waals surface area (Å²) in [6.45, 7) is 12.2. The SMILES string of the molecule is Cc1ccn2c(CN3CCN(C(=O)c4ccc(-n5nc(C)cc5C)cc4)CC3)c(C)nc2c1. The number of aryl methyl sites for hydroxylation is 4. The number of rotatable bonds is 4. The van der Waals surface area contributed by atoms with Crippen LogP contribution in [0, 0.1) is 27.7 Å². The molecule has 170 valence electrons. The summed E-state index contributed by atoms with van der Waals surface area (Å²) in [5.74, 6) is 0.0935. The Kier molecular flexibility index (Phi) is 5.50. The number of imidazole rings is 1. The molecule has 0 unspecified atom stereocenters. The highest BCUT2D eigenvalue weighted by Crippen LogP contribution is 2.18. The number of aromatic nitrogens is 4. The molecule has 1 saturated heterocycles. The first kappa shape index (κ1) is 21.4. The second-order valence-electron chi connectivity index (χ2n) is 9.03. The highest BCUT2D eigenvalue weighted by molar-refractivity contribution is 5.94. The molecule has 0 N–H and O–H groups in total. The van der Waals surface area contributed by atoms with E-state index < -0.39 is 0 Å². The smallest absolute Gasteiger partial charge is 0.253 e. The molecule has 1 aliphatic heterocycles. The molecule has 0 atom stereocenters. The maximum atomic E-state index is 13.1. The van der Waals surface area contributed by atoms with Crippen molar-refractivity contribution >= 4 is 11.6 Å². The van der Waals surface area contributed by atoms with Crippen LogP contribution in [0.15, 0.2) is 48.7 Å². The van der Waals surface area contributed by atoms with E-state index in [0.717, 1.165) is 66.7 Å². The third-order valence-corrected chi connectivity index (χ3v) is 6.48. The van der Waals surface area contributed by atoms with Gasteiger partial charge in [0.25, 0.3) is 5.91 Å². The molecule has 0 saturated carbocycles. The third kappa shape index (κ3) is 4.16. The first-order valence-corrected chi connectivity index (χ1v) is 11.5. The molecule has 7 heteroatoms. The Labute approximate surface area is 194 Å². The monoisotopic (exact) mass is 442 g/mol. The normalized spacial score (nSPS) is 14.8. The maximum absolute atomic E-state index is 13.1. The van der Waals surface area contributed by atoms with Crippen LogP contribution >= 0.6 is 0 Å². The number of benzene rings is 1. The molecule has 3 aromatic heterocycles. The summed E-state index contributed by atoms with van der Waals surface area (Å²) in [6.07, 6.45) is 2.11.